The van der Waals surface area contributed by atoms with Gasteiger partial charge >= 0.3 is 5.97 Å². The minimum Gasteiger partial charge on any atom is -0.466 e. The molecule has 78 heavy (non-hydrogen) atoms. The van der Waals surface area contributed by atoms with E-state index in [0.717, 1.165) is 38.5 Å². The molecule has 0 rings (SSSR count). The molecule has 3 N–H and O–H groups in total. The van der Waals surface area contributed by atoms with Gasteiger partial charge in [-0.1, -0.05) is 386 Å². The first-order valence-electron chi connectivity index (χ1n) is 36.3. The van der Waals surface area contributed by atoms with Crippen LogP contribution in [0.25, 0.3) is 0 Å². The number of amides is 1. The Morgan fingerprint density at radius 2 is 0.526 bits per heavy atom. The highest BCUT2D eigenvalue weighted by atomic mass is 16.5. The molecule has 6 heteroatoms. The zero-order valence-corrected chi connectivity index (χ0v) is 53.4. The molecule has 1 amide bonds. The number of carbonyl (C=O) groups is 2. The zero-order chi connectivity index (χ0) is 56.4. The van der Waals surface area contributed by atoms with Gasteiger partial charge in [0.2, 0.25) is 5.91 Å². The number of aliphatic hydroxyl groups is 2. The highest BCUT2D eigenvalue weighted by Crippen LogP contribution is 2.20. The summed E-state index contributed by atoms with van der Waals surface area (Å²) in [5.74, 6) is -0.00403. The average molecular weight is 1100 g/mol. The summed E-state index contributed by atoms with van der Waals surface area (Å²) >= 11 is 0. The molecular formula is C72H143NO5. The molecule has 0 aromatic heterocycles. The minimum absolute atomic E-state index is 0.0215. The molecule has 0 bridgehead atoms. The molecule has 0 radical (unpaired) electrons. The molecule has 0 spiro atoms. The normalized spacial score (nSPS) is 12.4. The Morgan fingerprint density at radius 1 is 0.308 bits per heavy atom. The molecule has 0 aliphatic rings. The molecule has 0 fully saturated rings. The quantitative estimate of drug-likeness (QED) is 0.0417. The summed E-state index contributed by atoms with van der Waals surface area (Å²) in [6.45, 7) is 5.00. The van der Waals surface area contributed by atoms with Crippen molar-refractivity contribution in [1.82, 2.24) is 5.32 Å². The number of nitrogens with one attached hydrogen (secondary N) is 1. The second-order valence-electron chi connectivity index (χ2n) is 25.3. The third-order valence-corrected chi connectivity index (χ3v) is 17.4. The van der Waals surface area contributed by atoms with Crippen molar-refractivity contribution < 1.29 is 24.5 Å². The molecule has 6 nitrogen and oxygen atoms in total. The maximum Gasteiger partial charge on any atom is 0.305 e. The van der Waals surface area contributed by atoms with Gasteiger partial charge in [-0.25, -0.2) is 0 Å². The Labute approximate surface area is 489 Å². The van der Waals surface area contributed by atoms with E-state index in [1.165, 1.54) is 353 Å². The number of hydrogen-bond acceptors (Lipinski definition) is 5. The number of unbranched alkanes of at least 4 members (excludes halogenated alkanes) is 58. The molecule has 0 aromatic rings. The second-order valence-corrected chi connectivity index (χ2v) is 25.3. The molecule has 2 unspecified atom stereocenters. The Bertz CT molecular complexity index is 1130. The summed E-state index contributed by atoms with van der Waals surface area (Å²) in [4.78, 5) is 24.6. The van der Waals surface area contributed by atoms with Gasteiger partial charge in [-0.05, 0) is 25.7 Å². The van der Waals surface area contributed by atoms with Crippen LogP contribution in [0.2, 0.25) is 0 Å². The van der Waals surface area contributed by atoms with Gasteiger partial charge in [-0.3, -0.25) is 9.59 Å². The molecule has 0 heterocycles. The van der Waals surface area contributed by atoms with Gasteiger partial charge in [0.15, 0.2) is 0 Å². The molecule has 0 aliphatic heterocycles. The van der Waals surface area contributed by atoms with Crippen molar-refractivity contribution in [2.75, 3.05) is 13.2 Å². The van der Waals surface area contributed by atoms with Crippen LogP contribution < -0.4 is 5.32 Å². The third kappa shape index (κ3) is 64.0. The van der Waals surface area contributed by atoms with Gasteiger partial charge < -0.3 is 20.3 Å². The predicted octanol–water partition coefficient (Wildman–Crippen LogP) is 23.4. The van der Waals surface area contributed by atoms with Gasteiger partial charge in [0, 0.05) is 12.8 Å². The van der Waals surface area contributed by atoms with Crippen LogP contribution in [-0.4, -0.2) is 47.4 Å². The van der Waals surface area contributed by atoms with Gasteiger partial charge in [0.05, 0.1) is 25.4 Å². The fourth-order valence-corrected chi connectivity index (χ4v) is 11.9. The van der Waals surface area contributed by atoms with Gasteiger partial charge in [0.1, 0.15) is 0 Å². The largest absolute Gasteiger partial charge is 0.466 e. The van der Waals surface area contributed by atoms with E-state index in [1.54, 1.807) is 0 Å². The number of rotatable bonds is 69. The Balaban J connectivity index is 3.32. The van der Waals surface area contributed by atoms with Crippen molar-refractivity contribution in [2.45, 2.75) is 437 Å². The summed E-state index contributed by atoms with van der Waals surface area (Å²) in [7, 11) is 0. The van der Waals surface area contributed by atoms with Gasteiger partial charge in [-0.15, -0.1) is 0 Å². The van der Waals surface area contributed by atoms with Gasteiger partial charge in [0.25, 0.3) is 0 Å². The van der Waals surface area contributed by atoms with E-state index >= 15 is 0 Å². The van der Waals surface area contributed by atoms with E-state index in [-0.39, 0.29) is 18.5 Å². The van der Waals surface area contributed by atoms with E-state index in [4.69, 9.17) is 4.74 Å². The first kappa shape index (κ1) is 76.9. The standard InChI is InChI=1S/C72H143NO5/c1-3-5-7-9-11-13-15-16-17-18-32-35-38-41-45-48-52-56-60-64-70(75)69(68-74)73-71(76)65-61-57-53-49-46-42-39-36-33-30-28-26-24-22-20-19-21-23-25-27-29-31-34-37-40-43-47-51-55-59-63-67-78-72(77)66-62-58-54-50-44-14-12-10-8-6-4-2/h69-70,74-75H,3-68H2,1-2H3,(H,73,76). The van der Waals surface area contributed by atoms with Gasteiger partial charge in [-0.2, -0.15) is 0 Å². The molecule has 0 saturated carbocycles. The number of carbonyl (C=O) groups excluding carboxylic acids is 2. The monoisotopic (exact) mass is 1100 g/mol. The van der Waals surface area contributed by atoms with Crippen LogP contribution in [-0.2, 0) is 14.3 Å². The van der Waals surface area contributed by atoms with Crippen LogP contribution in [0.4, 0.5) is 0 Å². The van der Waals surface area contributed by atoms with Crippen LogP contribution in [0.1, 0.15) is 425 Å². The lowest BCUT2D eigenvalue weighted by molar-refractivity contribution is -0.143. The third-order valence-electron chi connectivity index (χ3n) is 17.4. The first-order valence-corrected chi connectivity index (χ1v) is 36.3. The highest BCUT2D eigenvalue weighted by Gasteiger charge is 2.20. The van der Waals surface area contributed by atoms with Crippen molar-refractivity contribution in [3.05, 3.63) is 0 Å². The van der Waals surface area contributed by atoms with E-state index in [0.29, 0.717) is 25.9 Å². The van der Waals surface area contributed by atoms with Crippen LogP contribution in [0, 0.1) is 0 Å². The fraction of sp³-hybridized carbons (Fsp3) is 0.972. The number of hydrogen-bond donors (Lipinski definition) is 3. The highest BCUT2D eigenvalue weighted by molar-refractivity contribution is 5.76. The van der Waals surface area contributed by atoms with Crippen molar-refractivity contribution in [3.63, 3.8) is 0 Å². The molecule has 0 saturated heterocycles. The molecular weight excluding hydrogens is 959 g/mol. The Morgan fingerprint density at radius 3 is 0.782 bits per heavy atom. The molecule has 466 valence electrons. The lowest BCUT2D eigenvalue weighted by Gasteiger charge is -2.22. The summed E-state index contributed by atoms with van der Waals surface area (Å²) < 4.78 is 5.48. The van der Waals surface area contributed by atoms with Crippen molar-refractivity contribution in [3.8, 4) is 0 Å². The second kappa shape index (κ2) is 68.4. The van der Waals surface area contributed by atoms with Crippen molar-refractivity contribution in [2.24, 2.45) is 0 Å². The fourth-order valence-electron chi connectivity index (χ4n) is 11.9. The lowest BCUT2D eigenvalue weighted by atomic mass is 10.0. The van der Waals surface area contributed by atoms with Crippen molar-refractivity contribution >= 4 is 11.9 Å². The van der Waals surface area contributed by atoms with Crippen LogP contribution >= 0.6 is 0 Å². The summed E-state index contributed by atoms with van der Waals surface area (Å²) in [5.41, 5.74) is 0. The van der Waals surface area contributed by atoms with E-state index < -0.39 is 12.1 Å². The number of aliphatic hydroxyl groups excluding tert-OH is 2. The molecule has 0 aliphatic carbocycles. The minimum atomic E-state index is -0.661. The van der Waals surface area contributed by atoms with E-state index in [9.17, 15) is 19.8 Å². The van der Waals surface area contributed by atoms with Crippen LogP contribution in [0.15, 0.2) is 0 Å². The average Bonchev–Trinajstić information content (AvgIpc) is 3.44. The number of ether oxygens (including phenoxy) is 1. The zero-order valence-electron chi connectivity index (χ0n) is 53.4. The smallest absolute Gasteiger partial charge is 0.305 e. The van der Waals surface area contributed by atoms with Crippen molar-refractivity contribution in [1.29, 1.82) is 0 Å². The first-order chi connectivity index (χ1) is 38.5. The summed E-state index contributed by atoms with van der Waals surface area (Å²) in [5, 5.41) is 23.4. The lowest BCUT2D eigenvalue weighted by Crippen LogP contribution is -2.45. The Kier molecular flexibility index (Phi) is 67.4. The molecule has 2 atom stereocenters. The SMILES string of the molecule is CCCCCCCCCCCCCCCCCCCCCC(O)C(CO)NC(=O)CCCCCCCCCCCCCCCCCCCCCCCCCCCCCCCCCOC(=O)CCCCCCCCCCCCC. The maximum absolute atomic E-state index is 12.5. The molecule has 0 aromatic carbocycles. The van der Waals surface area contributed by atoms with E-state index in [2.05, 4.69) is 19.2 Å². The predicted molar refractivity (Wildman–Crippen MR) is 343 cm³/mol. The van der Waals surface area contributed by atoms with Crippen LogP contribution in [0.3, 0.4) is 0 Å². The van der Waals surface area contributed by atoms with Crippen LogP contribution in [0.5, 0.6) is 0 Å². The Hall–Kier alpha value is -1.14. The summed E-state index contributed by atoms with van der Waals surface area (Å²) in [6, 6.07) is -0.537. The topological polar surface area (TPSA) is 95.9 Å². The van der Waals surface area contributed by atoms with E-state index in [1.807, 2.05) is 0 Å². The maximum atomic E-state index is 12.5. The summed E-state index contributed by atoms with van der Waals surface area (Å²) in [6.07, 6.45) is 83.1. The number of esters is 1.